The van der Waals surface area contributed by atoms with E-state index in [0.717, 1.165) is 60.8 Å². The summed E-state index contributed by atoms with van der Waals surface area (Å²) < 4.78 is 0. The molecule has 1 saturated heterocycles. The van der Waals surface area contributed by atoms with Crippen LogP contribution in [0.3, 0.4) is 0 Å². The van der Waals surface area contributed by atoms with Crippen molar-refractivity contribution in [3.63, 3.8) is 0 Å². The Morgan fingerprint density at radius 3 is 2.85 bits per heavy atom. The Labute approximate surface area is 160 Å². The average Bonchev–Trinajstić information content (AvgIpc) is 3.34. The van der Waals surface area contributed by atoms with Gasteiger partial charge in [-0.15, -0.1) is 11.3 Å². The van der Waals surface area contributed by atoms with Gasteiger partial charge in [0.2, 0.25) is 5.91 Å². The molecule has 0 spiro atoms. The van der Waals surface area contributed by atoms with Crippen LogP contribution >= 0.6 is 11.3 Å². The fourth-order valence-electron chi connectivity index (χ4n) is 3.42. The van der Waals surface area contributed by atoms with E-state index in [9.17, 15) is 4.79 Å². The number of thiazole rings is 1. The molecular formula is C21H29N3OS. The molecule has 0 bridgehead atoms. The number of aromatic nitrogens is 1. The summed E-state index contributed by atoms with van der Waals surface area (Å²) in [6, 6.07) is 8.05. The molecule has 0 radical (unpaired) electrons. The van der Waals surface area contributed by atoms with Crippen molar-refractivity contribution in [2.75, 3.05) is 23.3 Å². The number of anilines is 2. The van der Waals surface area contributed by atoms with Crippen LogP contribution in [-0.4, -0.2) is 24.0 Å². The Hall–Kier alpha value is -1.88. The van der Waals surface area contributed by atoms with Crippen LogP contribution in [0, 0.1) is 5.92 Å². The van der Waals surface area contributed by atoms with Gasteiger partial charge in [-0.3, -0.25) is 4.79 Å². The number of hydrogen-bond donors (Lipinski definition) is 1. The Balaban J connectivity index is 1.69. The van der Waals surface area contributed by atoms with Gasteiger partial charge in [-0.25, -0.2) is 4.98 Å². The Bertz CT molecular complexity index is 722. The van der Waals surface area contributed by atoms with Crippen molar-refractivity contribution < 1.29 is 4.79 Å². The van der Waals surface area contributed by atoms with Gasteiger partial charge in [0.1, 0.15) is 0 Å². The summed E-state index contributed by atoms with van der Waals surface area (Å²) in [5.74, 6) is 0.230. The number of benzene rings is 1. The van der Waals surface area contributed by atoms with Gasteiger partial charge < -0.3 is 10.2 Å². The topological polar surface area (TPSA) is 45.2 Å². The van der Waals surface area contributed by atoms with Gasteiger partial charge in [-0.2, -0.15) is 0 Å². The molecular weight excluding hydrogens is 342 g/mol. The lowest BCUT2D eigenvalue weighted by molar-refractivity contribution is -0.120. The predicted octanol–water partition coefficient (Wildman–Crippen LogP) is 5.57. The van der Waals surface area contributed by atoms with Gasteiger partial charge in [0.05, 0.1) is 5.69 Å². The van der Waals surface area contributed by atoms with Crippen molar-refractivity contribution in [2.45, 2.75) is 52.4 Å². The van der Waals surface area contributed by atoms with Crippen LogP contribution in [0.2, 0.25) is 0 Å². The second-order valence-electron chi connectivity index (χ2n) is 7.03. The first-order valence-electron chi connectivity index (χ1n) is 9.83. The Kier molecular flexibility index (Phi) is 6.67. The molecule has 0 aliphatic carbocycles. The van der Waals surface area contributed by atoms with E-state index in [1.165, 1.54) is 12.8 Å². The van der Waals surface area contributed by atoms with E-state index in [1.54, 1.807) is 11.3 Å². The molecule has 2 heterocycles. The van der Waals surface area contributed by atoms with Crippen molar-refractivity contribution >= 4 is 28.1 Å². The third kappa shape index (κ3) is 4.64. The first-order valence-corrected chi connectivity index (χ1v) is 10.7. The second kappa shape index (κ2) is 9.17. The quantitative estimate of drug-likeness (QED) is 0.660. The largest absolute Gasteiger partial charge is 0.348 e. The van der Waals surface area contributed by atoms with E-state index >= 15 is 0 Å². The average molecular weight is 372 g/mol. The van der Waals surface area contributed by atoms with Gasteiger partial charge >= 0.3 is 0 Å². The van der Waals surface area contributed by atoms with Gasteiger partial charge in [-0.05, 0) is 37.8 Å². The van der Waals surface area contributed by atoms with Crippen molar-refractivity contribution in [1.29, 1.82) is 0 Å². The molecule has 1 atom stereocenters. The van der Waals surface area contributed by atoms with E-state index < -0.39 is 0 Å². The number of carbonyl (C=O) groups is 1. The maximum Gasteiger partial charge on any atom is 0.227 e. The lowest BCUT2D eigenvalue weighted by atomic mass is 9.98. The maximum atomic E-state index is 12.5. The van der Waals surface area contributed by atoms with Crippen LogP contribution in [0.1, 0.15) is 52.4 Å². The van der Waals surface area contributed by atoms with Gasteiger partial charge in [0.25, 0.3) is 0 Å². The number of nitrogens with one attached hydrogen (secondary N) is 1. The Morgan fingerprint density at radius 1 is 1.31 bits per heavy atom. The molecule has 1 aromatic heterocycles. The minimum Gasteiger partial charge on any atom is -0.348 e. The molecule has 0 unspecified atom stereocenters. The van der Waals surface area contributed by atoms with Crippen molar-refractivity contribution in [1.82, 2.24) is 4.98 Å². The molecule has 2 aromatic rings. The molecule has 26 heavy (non-hydrogen) atoms. The molecule has 1 N–H and O–H groups in total. The van der Waals surface area contributed by atoms with E-state index in [1.807, 2.05) is 18.2 Å². The molecule has 1 amide bonds. The molecule has 4 nitrogen and oxygen atoms in total. The van der Waals surface area contributed by atoms with E-state index in [-0.39, 0.29) is 11.8 Å². The van der Waals surface area contributed by atoms with Crippen molar-refractivity contribution in [2.24, 2.45) is 5.92 Å². The number of unbranched alkanes of at least 4 members (excludes halogenated alkanes) is 1. The smallest absolute Gasteiger partial charge is 0.227 e. The molecule has 1 aromatic carbocycles. The third-order valence-corrected chi connectivity index (χ3v) is 5.97. The highest BCUT2D eigenvalue weighted by molar-refractivity contribution is 7.14. The highest BCUT2D eigenvalue weighted by Gasteiger charge is 2.18. The fourth-order valence-corrected chi connectivity index (χ4v) is 4.31. The molecule has 140 valence electrons. The second-order valence-corrected chi connectivity index (χ2v) is 7.86. The van der Waals surface area contributed by atoms with Gasteiger partial charge in [-0.1, -0.05) is 38.8 Å². The molecule has 0 saturated carbocycles. The van der Waals surface area contributed by atoms with E-state index in [0.29, 0.717) is 0 Å². The molecule has 1 fully saturated rings. The SMILES string of the molecule is CCCC[C@@H](CC)C(=O)Nc1cccc(-c2csc(N3CCCC3)n2)c1. The summed E-state index contributed by atoms with van der Waals surface area (Å²) in [5.41, 5.74) is 2.91. The third-order valence-electron chi connectivity index (χ3n) is 5.06. The number of amides is 1. The number of rotatable bonds is 8. The molecule has 1 aliphatic rings. The minimum absolute atomic E-state index is 0.0969. The van der Waals surface area contributed by atoms with Gasteiger partial charge in [0.15, 0.2) is 5.13 Å². The van der Waals surface area contributed by atoms with E-state index in [2.05, 4.69) is 35.5 Å². The summed E-state index contributed by atoms with van der Waals surface area (Å²) in [5, 5.41) is 6.32. The standard InChI is InChI=1S/C21H29N3OS/c1-3-5-9-16(4-2)20(25)22-18-11-8-10-17(14-18)19-15-26-21(23-19)24-12-6-7-13-24/h8,10-11,14-16H,3-7,9,12-13H2,1-2H3,(H,22,25)/t16-/m1/s1. The summed E-state index contributed by atoms with van der Waals surface area (Å²) in [6.07, 6.45) is 6.59. The van der Waals surface area contributed by atoms with Crippen LogP contribution < -0.4 is 10.2 Å². The normalized spacial score (nSPS) is 15.2. The first-order chi connectivity index (χ1) is 12.7. The molecule has 3 rings (SSSR count). The molecule has 1 aliphatic heterocycles. The fraction of sp³-hybridized carbons (Fsp3) is 0.524. The maximum absolute atomic E-state index is 12.5. The summed E-state index contributed by atoms with van der Waals surface area (Å²) in [4.78, 5) is 19.7. The van der Waals surface area contributed by atoms with Crippen LogP contribution in [0.25, 0.3) is 11.3 Å². The lowest BCUT2D eigenvalue weighted by Gasteiger charge is -2.15. The summed E-state index contributed by atoms with van der Waals surface area (Å²) >= 11 is 1.71. The van der Waals surface area contributed by atoms with Gasteiger partial charge in [0, 0.05) is 35.6 Å². The highest BCUT2D eigenvalue weighted by atomic mass is 32.1. The van der Waals surface area contributed by atoms with Crippen LogP contribution in [0.4, 0.5) is 10.8 Å². The first kappa shape index (κ1) is 18.9. The minimum atomic E-state index is 0.0969. The zero-order valence-corrected chi connectivity index (χ0v) is 16.6. The van der Waals surface area contributed by atoms with Crippen LogP contribution in [0.15, 0.2) is 29.6 Å². The zero-order valence-electron chi connectivity index (χ0n) is 15.8. The monoisotopic (exact) mass is 371 g/mol. The number of carbonyl (C=O) groups excluding carboxylic acids is 1. The van der Waals surface area contributed by atoms with Crippen LogP contribution in [0.5, 0.6) is 0 Å². The van der Waals surface area contributed by atoms with Crippen LogP contribution in [-0.2, 0) is 4.79 Å². The lowest BCUT2D eigenvalue weighted by Crippen LogP contribution is -2.22. The summed E-state index contributed by atoms with van der Waals surface area (Å²) in [6.45, 7) is 6.47. The Morgan fingerprint density at radius 2 is 2.12 bits per heavy atom. The zero-order chi connectivity index (χ0) is 18.4. The number of nitrogens with zero attached hydrogens (tertiary/aromatic N) is 2. The highest BCUT2D eigenvalue weighted by Crippen LogP contribution is 2.30. The molecule has 5 heteroatoms. The number of hydrogen-bond acceptors (Lipinski definition) is 4. The summed E-state index contributed by atoms with van der Waals surface area (Å²) in [7, 11) is 0. The van der Waals surface area contributed by atoms with Crippen molar-refractivity contribution in [3.05, 3.63) is 29.6 Å². The predicted molar refractivity (Wildman–Crippen MR) is 111 cm³/mol. The van der Waals surface area contributed by atoms with Crippen molar-refractivity contribution in [3.8, 4) is 11.3 Å². The van der Waals surface area contributed by atoms with E-state index in [4.69, 9.17) is 4.98 Å².